The van der Waals surface area contributed by atoms with Crippen LogP contribution in [0.5, 0.6) is 0 Å². The molecule has 2 aliphatic rings. The molecule has 0 saturated carbocycles. The Balaban J connectivity index is 1.62. The Morgan fingerprint density at radius 1 is 0.926 bits per heavy atom. The fourth-order valence-electron chi connectivity index (χ4n) is 3.67. The second-order valence-electron chi connectivity index (χ2n) is 6.96. The summed E-state index contributed by atoms with van der Waals surface area (Å²) in [5, 5.41) is 3.74. The van der Waals surface area contributed by atoms with E-state index in [1.54, 1.807) is 24.3 Å². The van der Waals surface area contributed by atoms with Crippen LogP contribution >= 0.6 is 11.6 Å². The number of benzene rings is 2. The third-order valence-corrected chi connectivity index (χ3v) is 5.41. The van der Waals surface area contributed by atoms with E-state index in [1.165, 1.54) is 12.8 Å². The molecule has 0 atom stereocenters. The van der Waals surface area contributed by atoms with Crippen LogP contribution in [-0.4, -0.2) is 45.3 Å². The monoisotopic (exact) mass is 385 g/mol. The van der Waals surface area contributed by atoms with Crippen LogP contribution in [0.1, 0.15) is 23.2 Å². The van der Waals surface area contributed by atoms with Gasteiger partial charge in [0, 0.05) is 42.5 Å². The molecule has 6 heteroatoms. The first kappa shape index (κ1) is 18.1. The van der Waals surface area contributed by atoms with Gasteiger partial charge < -0.3 is 19.9 Å². The second-order valence-corrected chi connectivity index (χ2v) is 7.39. The number of nitrogens with zero attached hydrogens (tertiary/aromatic N) is 2. The number of ether oxygens (including phenoxy) is 1. The van der Waals surface area contributed by atoms with E-state index in [9.17, 15) is 4.79 Å². The molecular weight excluding hydrogens is 362 g/mol. The molecule has 0 spiro atoms. The molecule has 2 heterocycles. The topological polar surface area (TPSA) is 44.8 Å². The van der Waals surface area contributed by atoms with E-state index in [-0.39, 0.29) is 5.91 Å². The molecule has 4 rings (SSSR count). The van der Waals surface area contributed by atoms with Gasteiger partial charge in [-0.1, -0.05) is 11.6 Å². The molecular formula is C21H24ClN3O2. The van der Waals surface area contributed by atoms with Crippen LogP contribution in [0.3, 0.4) is 0 Å². The first-order valence-electron chi connectivity index (χ1n) is 9.49. The van der Waals surface area contributed by atoms with E-state index >= 15 is 0 Å². The molecule has 27 heavy (non-hydrogen) atoms. The van der Waals surface area contributed by atoms with Gasteiger partial charge in [0.2, 0.25) is 0 Å². The number of halogens is 1. The highest BCUT2D eigenvalue weighted by Crippen LogP contribution is 2.33. The summed E-state index contributed by atoms with van der Waals surface area (Å²) < 4.78 is 5.46. The summed E-state index contributed by atoms with van der Waals surface area (Å²) in [5.41, 5.74) is 3.67. The molecule has 5 nitrogen and oxygen atoms in total. The van der Waals surface area contributed by atoms with Crippen molar-refractivity contribution in [2.45, 2.75) is 12.8 Å². The zero-order chi connectivity index (χ0) is 18.6. The van der Waals surface area contributed by atoms with Crippen molar-refractivity contribution in [2.75, 3.05) is 54.5 Å². The number of carbonyl (C=O) groups excluding carboxylic acids is 1. The summed E-state index contributed by atoms with van der Waals surface area (Å²) in [6.07, 6.45) is 2.38. The molecule has 142 valence electrons. The lowest BCUT2D eigenvalue weighted by molar-refractivity contribution is 0.102. The van der Waals surface area contributed by atoms with Gasteiger partial charge in [0.25, 0.3) is 5.91 Å². The summed E-state index contributed by atoms with van der Waals surface area (Å²) in [7, 11) is 0. The van der Waals surface area contributed by atoms with Crippen molar-refractivity contribution in [1.82, 2.24) is 0 Å². The maximum atomic E-state index is 12.8. The lowest BCUT2D eigenvalue weighted by atomic mass is 10.1. The molecule has 2 aromatic carbocycles. The average molecular weight is 386 g/mol. The third-order valence-electron chi connectivity index (χ3n) is 5.16. The van der Waals surface area contributed by atoms with Crippen LogP contribution in [0.2, 0.25) is 5.02 Å². The van der Waals surface area contributed by atoms with E-state index in [4.69, 9.17) is 16.3 Å². The van der Waals surface area contributed by atoms with Crippen LogP contribution in [0, 0.1) is 0 Å². The van der Waals surface area contributed by atoms with Crippen molar-refractivity contribution in [3.8, 4) is 0 Å². The molecule has 2 fully saturated rings. The predicted molar refractivity (Wildman–Crippen MR) is 110 cm³/mol. The van der Waals surface area contributed by atoms with Crippen molar-refractivity contribution in [3.63, 3.8) is 0 Å². The van der Waals surface area contributed by atoms with E-state index < -0.39 is 0 Å². The Bertz CT molecular complexity index is 798. The maximum absolute atomic E-state index is 12.8. The van der Waals surface area contributed by atoms with Gasteiger partial charge >= 0.3 is 0 Å². The first-order chi connectivity index (χ1) is 13.2. The second kappa shape index (κ2) is 8.19. The summed E-state index contributed by atoms with van der Waals surface area (Å²) in [5.74, 6) is -0.119. The highest BCUT2D eigenvalue weighted by Gasteiger charge is 2.20. The number of carbonyl (C=O) groups is 1. The van der Waals surface area contributed by atoms with Gasteiger partial charge in [0.15, 0.2) is 0 Å². The molecule has 0 unspecified atom stereocenters. The summed E-state index contributed by atoms with van der Waals surface area (Å²) in [6, 6.07) is 13.3. The molecule has 2 aliphatic heterocycles. The van der Waals surface area contributed by atoms with Crippen molar-refractivity contribution < 1.29 is 9.53 Å². The Hall–Kier alpha value is -2.24. The molecule has 1 amide bonds. The van der Waals surface area contributed by atoms with E-state index in [0.717, 1.165) is 56.5 Å². The van der Waals surface area contributed by atoms with Gasteiger partial charge in [-0.25, -0.2) is 0 Å². The van der Waals surface area contributed by atoms with Crippen LogP contribution < -0.4 is 15.1 Å². The van der Waals surface area contributed by atoms with Crippen LogP contribution in [0.25, 0.3) is 0 Å². The number of morpholine rings is 1. The van der Waals surface area contributed by atoms with E-state index in [2.05, 4.69) is 33.3 Å². The van der Waals surface area contributed by atoms with Gasteiger partial charge in [0.05, 0.1) is 24.6 Å². The Labute approximate surface area is 164 Å². The van der Waals surface area contributed by atoms with E-state index in [1.807, 2.05) is 0 Å². The Kier molecular flexibility index (Phi) is 5.50. The van der Waals surface area contributed by atoms with Crippen LogP contribution in [0.4, 0.5) is 17.1 Å². The fraction of sp³-hybridized carbons (Fsp3) is 0.381. The largest absolute Gasteiger partial charge is 0.378 e. The van der Waals surface area contributed by atoms with Gasteiger partial charge in [-0.15, -0.1) is 0 Å². The zero-order valence-corrected chi connectivity index (χ0v) is 16.0. The van der Waals surface area contributed by atoms with Crippen molar-refractivity contribution in [2.24, 2.45) is 0 Å². The summed E-state index contributed by atoms with van der Waals surface area (Å²) in [4.78, 5) is 17.4. The predicted octanol–water partition coefficient (Wildman–Crippen LogP) is 4.03. The van der Waals surface area contributed by atoms with Crippen LogP contribution in [-0.2, 0) is 4.74 Å². The molecule has 2 saturated heterocycles. The maximum Gasteiger partial charge on any atom is 0.255 e. The average Bonchev–Trinajstić information content (AvgIpc) is 3.24. The molecule has 2 aromatic rings. The molecule has 0 aliphatic carbocycles. The SMILES string of the molecule is O=C(Nc1cc(N2CCOCC2)ccc1N1CCCC1)c1ccc(Cl)cc1. The van der Waals surface area contributed by atoms with Gasteiger partial charge in [-0.05, 0) is 55.3 Å². The number of amides is 1. The van der Waals surface area contributed by atoms with Crippen molar-refractivity contribution in [3.05, 3.63) is 53.1 Å². The van der Waals surface area contributed by atoms with E-state index in [0.29, 0.717) is 10.6 Å². The molecule has 0 bridgehead atoms. The highest BCUT2D eigenvalue weighted by molar-refractivity contribution is 6.30. The minimum atomic E-state index is -0.119. The Morgan fingerprint density at radius 3 is 2.33 bits per heavy atom. The highest BCUT2D eigenvalue weighted by atomic mass is 35.5. The normalized spacial score (nSPS) is 17.2. The molecule has 0 radical (unpaired) electrons. The molecule has 1 N–H and O–H groups in total. The van der Waals surface area contributed by atoms with Gasteiger partial charge in [-0.3, -0.25) is 4.79 Å². The number of rotatable bonds is 4. The summed E-state index contributed by atoms with van der Waals surface area (Å²) >= 11 is 5.94. The van der Waals surface area contributed by atoms with Crippen molar-refractivity contribution >= 4 is 34.6 Å². The number of anilines is 3. The standard InChI is InChI=1S/C21H24ClN3O2/c22-17-5-3-16(4-6-17)21(26)23-19-15-18(24-11-13-27-14-12-24)7-8-20(19)25-9-1-2-10-25/h3-8,15H,1-2,9-14H2,(H,23,26). The smallest absolute Gasteiger partial charge is 0.255 e. The zero-order valence-electron chi connectivity index (χ0n) is 15.3. The fourth-order valence-corrected chi connectivity index (χ4v) is 3.80. The summed E-state index contributed by atoms with van der Waals surface area (Å²) in [6.45, 7) is 5.27. The number of nitrogens with one attached hydrogen (secondary N) is 1. The first-order valence-corrected chi connectivity index (χ1v) is 9.87. The van der Waals surface area contributed by atoms with Gasteiger partial charge in [0.1, 0.15) is 0 Å². The minimum Gasteiger partial charge on any atom is -0.378 e. The lowest BCUT2D eigenvalue weighted by Gasteiger charge is -2.30. The lowest BCUT2D eigenvalue weighted by Crippen LogP contribution is -2.36. The van der Waals surface area contributed by atoms with Gasteiger partial charge in [-0.2, -0.15) is 0 Å². The minimum absolute atomic E-state index is 0.119. The Morgan fingerprint density at radius 2 is 1.63 bits per heavy atom. The molecule has 0 aromatic heterocycles. The van der Waals surface area contributed by atoms with Crippen LogP contribution in [0.15, 0.2) is 42.5 Å². The quantitative estimate of drug-likeness (QED) is 0.863. The third kappa shape index (κ3) is 4.20. The van der Waals surface area contributed by atoms with Crippen molar-refractivity contribution in [1.29, 1.82) is 0 Å². The number of hydrogen-bond acceptors (Lipinski definition) is 4. The number of hydrogen-bond donors (Lipinski definition) is 1.